The lowest BCUT2D eigenvalue weighted by molar-refractivity contribution is -0.133. The van der Waals surface area contributed by atoms with E-state index in [0.717, 1.165) is 39.0 Å². The molecule has 0 unspecified atom stereocenters. The molecule has 4 heteroatoms. The molecular formula is C21H27N3O. The highest BCUT2D eigenvalue weighted by Gasteiger charge is 2.22. The van der Waals surface area contributed by atoms with Crippen LogP contribution in [0.4, 0.5) is 0 Å². The van der Waals surface area contributed by atoms with Crippen molar-refractivity contribution in [1.29, 1.82) is 0 Å². The Morgan fingerprint density at radius 3 is 1.88 bits per heavy atom. The van der Waals surface area contributed by atoms with Gasteiger partial charge in [0.05, 0.1) is 6.54 Å². The first-order valence-corrected chi connectivity index (χ1v) is 9.04. The Bertz CT molecular complexity index is 610. The van der Waals surface area contributed by atoms with Crippen molar-refractivity contribution >= 4 is 5.91 Å². The van der Waals surface area contributed by atoms with E-state index in [4.69, 9.17) is 5.73 Å². The summed E-state index contributed by atoms with van der Waals surface area (Å²) in [5.74, 6) is 0.207. The Hall–Kier alpha value is -2.17. The molecule has 2 aromatic rings. The summed E-state index contributed by atoms with van der Waals surface area (Å²) in [5, 5.41) is 0. The molecular weight excluding hydrogens is 310 g/mol. The molecule has 2 N–H and O–H groups in total. The molecule has 0 atom stereocenters. The first-order valence-electron chi connectivity index (χ1n) is 9.04. The number of piperidine rings is 1. The van der Waals surface area contributed by atoms with Crippen LogP contribution in [0, 0.1) is 0 Å². The molecule has 132 valence electrons. The van der Waals surface area contributed by atoms with E-state index in [1.165, 1.54) is 11.1 Å². The lowest BCUT2D eigenvalue weighted by atomic mass is 10.1. The van der Waals surface area contributed by atoms with Crippen LogP contribution in [0.1, 0.15) is 24.0 Å². The predicted molar refractivity (Wildman–Crippen MR) is 101 cm³/mol. The van der Waals surface area contributed by atoms with E-state index in [-0.39, 0.29) is 11.9 Å². The van der Waals surface area contributed by atoms with Crippen molar-refractivity contribution < 1.29 is 4.79 Å². The molecule has 0 aliphatic carbocycles. The molecule has 2 aromatic carbocycles. The number of hydrogen-bond acceptors (Lipinski definition) is 3. The van der Waals surface area contributed by atoms with E-state index >= 15 is 0 Å². The van der Waals surface area contributed by atoms with Gasteiger partial charge in [0.1, 0.15) is 0 Å². The molecule has 0 spiro atoms. The van der Waals surface area contributed by atoms with Crippen LogP contribution in [-0.4, -0.2) is 41.4 Å². The minimum atomic E-state index is 0.207. The first kappa shape index (κ1) is 17.6. The number of likely N-dealkylation sites (tertiary alicyclic amines) is 1. The number of nitrogens with two attached hydrogens (primary N) is 1. The minimum absolute atomic E-state index is 0.207. The number of carbonyl (C=O) groups excluding carboxylic acids is 1. The van der Waals surface area contributed by atoms with Gasteiger partial charge in [0.15, 0.2) is 0 Å². The number of amides is 1. The zero-order valence-electron chi connectivity index (χ0n) is 14.7. The Kier molecular flexibility index (Phi) is 6.20. The fraction of sp³-hybridized carbons (Fsp3) is 0.381. The monoisotopic (exact) mass is 337 g/mol. The minimum Gasteiger partial charge on any atom is -0.341 e. The average Bonchev–Trinajstić information content (AvgIpc) is 2.64. The number of carbonyl (C=O) groups is 1. The fourth-order valence-electron chi connectivity index (χ4n) is 3.29. The van der Waals surface area contributed by atoms with Gasteiger partial charge in [0.25, 0.3) is 0 Å². The second-order valence-electron chi connectivity index (χ2n) is 6.83. The number of benzene rings is 2. The van der Waals surface area contributed by atoms with Crippen LogP contribution in [0.3, 0.4) is 0 Å². The van der Waals surface area contributed by atoms with Gasteiger partial charge in [-0.25, -0.2) is 0 Å². The van der Waals surface area contributed by atoms with Gasteiger partial charge in [0, 0.05) is 32.2 Å². The van der Waals surface area contributed by atoms with Crippen molar-refractivity contribution in [1.82, 2.24) is 9.80 Å². The van der Waals surface area contributed by atoms with E-state index in [1.54, 1.807) is 0 Å². The van der Waals surface area contributed by atoms with Crippen molar-refractivity contribution in [2.75, 3.05) is 19.6 Å². The summed E-state index contributed by atoms with van der Waals surface area (Å²) in [7, 11) is 0. The highest BCUT2D eigenvalue weighted by molar-refractivity contribution is 5.78. The topological polar surface area (TPSA) is 49.6 Å². The largest absolute Gasteiger partial charge is 0.341 e. The summed E-state index contributed by atoms with van der Waals surface area (Å²) in [4.78, 5) is 16.9. The van der Waals surface area contributed by atoms with Crippen LogP contribution in [0.15, 0.2) is 60.7 Å². The smallest absolute Gasteiger partial charge is 0.236 e. The van der Waals surface area contributed by atoms with E-state index in [9.17, 15) is 4.79 Å². The molecule has 0 aromatic heterocycles. The molecule has 1 saturated heterocycles. The SMILES string of the molecule is NC1CCN(C(=O)CN(Cc2ccccc2)Cc2ccccc2)CC1. The van der Waals surface area contributed by atoms with E-state index in [2.05, 4.69) is 29.2 Å². The lowest BCUT2D eigenvalue weighted by Crippen LogP contribution is -2.46. The van der Waals surface area contributed by atoms with Gasteiger partial charge in [0.2, 0.25) is 5.91 Å². The Morgan fingerprint density at radius 2 is 1.40 bits per heavy atom. The van der Waals surface area contributed by atoms with Crippen LogP contribution in [0.5, 0.6) is 0 Å². The second kappa shape index (κ2) is 8.79. The van der Waals surface area contributed by atoms with Crippen LogP contribution in [0.25, 0.3) is 0 Å². The second-order valence-corrected chi connectivity index (χ2v) is 6.83. The molecule has 1 heterocycles. The molecule has 1 aliphatic heterocycles. The molecule has 3 rings (SSSR count). The first-order chi connectivity index (χ1) is 12.2. The molecule has 1 fully saturated rings. The summed E-state index contributed by atoms with van der Waals surface area (Å²) >= 11 is 0. The molecule has 1 aliphatic rings. The third-order valence-electron chi connectivity index (χ3n) is 4.75. The zero-order valence-corrected chi connectivity index (χ0v) is 14.7. The van der Waals surface area contributed by atoms with Crippen molar-refractivity contribution in [2.45, 2.75) is 32.0 Å². The van der Waals surface area contributed by atoms with E-state index in [1.807, 2.05) is 41.3 Å². The van der Waals surface area contributed by atoms with Gasteiger partial charge in [-0.15, -0.1) is 0 Å². The third-order valence-corrected chi connectivity index (χ3v) is 4.75. The Labute approximate surface area is 150 Å². The molecule has 0 bridgehead atoms. The van der Waals surface area contributed by atoms with Gasteiger partial charge in [-0.1, -0.05) is 60.7 Å². The molecule has 4 nitrogen and oxygen atoms in total. The Morgan fingerprint density at radius 1 is 0.920 bits per heavy atom. The van der Waals surface area contributed by atoms with Crippen LogP contribution < -0.4 is 5.73 Å². The number of nitrogens with zero attached hydrogens (tertiary/aromatic N) is 2. The summed E-state index contributed by atoms with van der Waals surface area (Å²) in [5.41, 5.74) is 8.41. The lowest BCUT2D eigenvalue weighted by Gasteiger charge is -2.32. The number of hydrogen-bond donors (Lipinski definition) is 1. The van der Waals surface area contributed by atoms with Crippen molar-refractivity contribution in [3.8, 4) is 0 Å². The van der Waals surface area contributed by atoms with Crippen LogP contribution >= 0.6 is 0 Å². The maximum atomic E-state index is 12.7. The standard InChI is InChI=1S/C21H27N3O/c22-20-11-13-24(14-12-20)21(25)17-23(15-18-7-3-1-4-8-18)16-19-9-5-2-6-10-19/h1-10,20H,11-17,22H2. The van der Waals surface area contributed by atoms with Crippen molar-refractivity contribution in [3.05, 3.63) is 71.8 Å². The van der Waals surface area contributed by atoms with Gasteiger partial charge in [-0.05, 0) is 24.0 Å². The quantitative estimate of drug-likeness (QED) is 0.881. The average molecular weight is 337 g/mol. The van der Waals surface area contributed by atoms with Crippen LogP contribution in [-0.2, 0) is 17.9 Å². The Balaban J connectivity index is 1.66. The molecule has 25 heavy (non-hydrogen) atoms. The van der Waals surface area contributed by atoms with E-state index < -0.39 is 0 Å². The molecule has 1 amide bonds. The third kappa shape index (κ3) is 5.41. The molecule has 0 saturated carbocycles. The van der Waals surface area contributed by atoms with Crippen molar-refractivity contribution in [2.24, 2.45) is 5.73 Å². The zero-order chi connectivity index (χ0) is 17.5. The van der Waals surface area contributed by atoms with Gasteiger partial charge >= 0.3 is 0 Å². The van der Waals surface area contributed by atoms with Crippen LogP contribution in [0.2, 0.25) is 0 Å². The predicted octanol–water partition coefficient (Wildman–Crippen LogP) is 2.64. The fourth-order valence-corrected chi connectivity index (χ4v) is 3.29. The number of rotatable bonds is 6. The maximum absolute atomic E-state index is 12.7. The molecule has 0 radical (unpaired) electrons. The van der Waals surface area contributed by atoms with E-state index in [0.29, 0.717) is 6.54 Å². The summed E-state index contributed by atoms with van der Waals surface area (Å²) in [6.07, 6.45) is 1.81. The highest BCUT2D eigenvalue weighted by atomic mass is 16.2. The summed E-state index contributed by atoms with van der Waals surface area (Å²) < 4.78 is 0. The van der Waals surface area contributed by atoms with Gasteiger partial charge < -0.3 is 10.6 Å². The summed E-state index contributed by atoms with van der Waals surface area (Å²) in [6.45, 7) is 3.55. The highest BCUT2D eigenvalue weighted by Crippen LogP contribution is 2.13. The van der Waals surface area contributed by atoms with Gasteiger partial charge in [-0.2, -0.15) is 0 Å². The van der Waals surface area contributed by atoms with Gasteiger partial charge in [-0.3, -0.25) is 9.69 Å². The maximum Gasteiger partial charge on any atom is 0.236 e. The van der Waals surface area contributed by atoms with Crippen molar-refractivity contribution in [3.63, 3.8) is 0 Å². The normalized spacial score (nSPS) is 15.5. The summed E-state index contributed by atoms with van der Waals surface area (Å²) in [6, 6.07) is 20.9.